The summed E-state index contributed by atoms with van der Waals surface area (Å²) in [6.07, 6.45) is 1.19. The van der Waals surface area contributed by atoms with E-state index in [1.54, 1.807) is 0 Å². The van der Waals surface area contributed by atoms with E-state index in [4.69, 9.17) is 5.73 Å². The Kier molecular flexibility index (Phi) is 3.49. The fourth-order valence-electron chi connectivity index (χ4n) is 1.36. The standard InChI is InChI=1S/C12H19N/c1-4-9(2)11-5-7-12(8-6-11)10(3)13/h5-10H,4,13H2,1-3H3/t9-,10+/m1/s1. The summed E-state index contributed by atoms with van der Waals surface area (Å²) >= 11 is 0. The highest BCUT2D eigenvalue weighted by atomic mass is 14.6. The van der Waals surface area contributed by atoms with Crippen molar-refractivity contribution < 1.29 is 0 Å². The second kappa shape index (κ2) is 4.43. The van der Waals surface area contributed by atoms with Crippen LogP contribution in [0.3, 0.4) is 0 Å². The highest BCUT2D eigenvalue weighted by Gasteiger charge is 2.03. The molecule has 0 amide bonds. The van der Waals surface area contributed by atoms with E-state index in [1.165, 1.54) is 17.5 Å². The maximum atomic E-state index is 5.77. The van der Waals surface area contributed by atoms with Gasteiger partial charge in [-0.05, 0) is 30.4 Å². The fraction of sp³-hybridized carbons (Fsp3) is 0.500. The Morgan fingerprint density at radius 3 is 1.92 bits per heavy atom. The Morgan fingerprint density at radius 1 is 1.08 bits per heavy atom. The Morgan fingerprint density at radius 2 is 1.54 bits per heavy atom. The molecule has 0 radical (unpaired) electrons. The molecule has 13 heavy (non-hydrogen) atoms. The van der Waals surface area contributed by atoms with Crippen LogP contribution in [0.25, 0.3) is 0 Å². The smallest absolute Gasteiger partial charge is 0.0266 e. The Bertz CT molecular complexity index is 248. The number of rotatable bonds is 3. The van der Waals surface area contributed by atoms with E-state index in [1.807, 2.05) is 6.92 Å². The lowest BCUT2D eigenvalue weighted by atomic mass is 9.96. The summed E-state index contributed by atoms with van der Waals surface area (Å²) in [5, 5.41) is 0. The molecule has 2 N–H and O–H groups in total. The van der Waals surface area contributed by atoms with E-state index in [-0.39, 0.29) is 6.04 Å². The van der Waals surface area contributed by atoms with E-state index in [2.05, 4.69) is 38.1 Å². The van der Waals surface area contributed by atoms with Crippen molar-refractivity contribution in [1.29, 1.82) is 0 Å². The van der Waals surface area contributed by atoms with Crippen LogP contribution >= 0.6 is 0 Å². The van der Waals surface area contributed by atoms with Crippen LogP contribution in [0, 0.1) is 0 Å². The molecule has 0 heterocycles. The average Bonchev–Trinajstić information content (AvgIpc) is 2.17. The quantitative estimate of drug-likeness (QED) is 0.753. The highest BCUT2D eigenvalue weighted by Crippen LogP contribution is 2.20. The van der Waals surface area contributed by atoms with Gasteiger partial charge >= 0.3 is 0 Å². The van der Waals surface area contributed by atoms with Crippen LogP contribution in [-0.2, 0) is 0 Å². The predicted molar refractivity (Wildman–Crippen MR) is 57.8 cm³/mol. The molecule has 0 bridgehead atoms. The highest BCUT2D eigenvalue weighted by molar-refractivity contribution is 5.26. The molecular formula is C12H19N. The zero-order valence-corrected chi connectivity index (χ0v) is 8.75. The normalized spacial score (nSPS) is 15.4. The van der Waals surface area contributed by atoms with Crippen LogP contribution in [0.2, 0.25) is 0 Å². The molecule has 2 atom stereocenters. The third-order valence-corrected chi connectivity index (χ3v) is 2.64. The molecule has 1 heteroatoms. The zero-order chi connectivity index (χ0) is 9.84. The van der Waals surface area contributed by atoms with Crippen LogP contribution in [0.5, 0.6) is 0 Å². The first-order valence-electron chi connectivity index (χ1n) is 5.00. The predicted octanol–water partition coefficient (Wildman–Crippen LogP) is 3.22. The van der Waals surface area contributed by atoms with Gasteiger partial charge in [-0.3, -0.25) is 0 Å². The van der Waals surface area contributed by atoms with Gasteiger partial charge in [-0.15, -0.1) is 0 Å². The molecule has 0 unspecified atom stereocenters. The van der Waals surface area contributed by atoms with Gasteiger partial charge in [0.25, 0.3) is 0 Å². The van der Waals surface area contributed by atoms with Gasteiger partial charge in [0.05, 0.1) is 0 Å². The zero-order valence-electron chi connectivity index (χ0n) is 8.75. The minimum absolute atomic E-state index is 0.144. The van der Waals surface area contributed by atoms with E-state index in [0.29, 0.717) is 5.92 Å². The minimum atomic E-state index is 0.144. The summed E-state index contributed by atoms with van der Waals surface area (Å²) in [7, 11) is 0. The number of nitrogens with two attached hydrogens (primary N) is 1. The van der Waals surface area contributed by atoms with Gasteiger partial charge in [0, 0.05) is 6.04 Å². The van der Waals surface area contributed by atoms with E-state index in [9.17, 15) is 0 Å². The van der Waals surface area contributed by atoms with Gasteiger partial charge < -0.3 is 5.73 Å². The first kappa shape index (κ1) is 10.3. The molecule has 0 aromatic heterocycles. The first-order valence-corrected chi connectivity index (χ1v) is 5.00. The molecule has 0 aliphatic carbocycles. The largest absolute Gasteiger partial charge is 0.324 e. The van der Waals surface area contributed by atoms with Crippen molar-refractivity contribution in [2.24, 2.45) is 5.73 Å². The lowest BCUT2D eigenvalue weighted by Gasteiger charge is -2.11. The molecule has 1 nitrogen and oxygen atoms in total. The molecule has 0 fully saturated rings. The molecule has 1 aromatic rings. The summed E-state index contributed by atoms with van der Waals surface area (Å²) in [6.45, 7) is 6.48. The van der Waals surface area contributed by atoms with Crippen molar-refractivity contribution in [3.05, 3.63) is 35.4 Å². The second-order valence-electron chi connectivity index (χ2n) is 3.76. The maximum Gasteiger partial charge on any atom is 0.0266 e. The van der Waals surface area contributed by atoms with Crippen molar-refractivity contribution in [3.63, 3.8) is 0 Å². The van der Waals surface area contributed by atoms with Gasteiger partial charge in [0.15, 0.2) is 0 Å². The molecule has 1 rings (SSSR count). The Hall–Kier alpha value is -0.820. The molecule has 0 saturated heterocycles. The van der Waals surface area contributed by atoms with Crippen LogP contribution in [-0.4, -0.2) is 0 Å². The summed E-state index contributed by atoms with van der Waals surface area (Å²) in [6, 6.07) is 8.78. The van der Waals surface area contributed by atoms with Crippen LogP contribution in [0.4, 0.5) is 0 Å². The van der Waals surface area contributed by atoms with Gasteiger partial charge in [0.2, 0.25) is 0 Å². The van der Waals surface area contributed by atoms with Crippen molar-refractivity contribution in [2.75, 3.05) is 0 Å². The van der Waals surface area contributed by atoms with Crippen LogP contribution in [0.15, 0.2) is 24.3 Å². The van der Waals surface area contributed by atoms with Crippen LogP contribution in [0.1, 0.15) is 50.3 Å². The van der Waals surface area contributed by atoms with Gasteiger partial charge in [-0.25, -0.2) is 0 Å². The number of hydrogen-bond donors (Lipinski definition) is 1. The van der Waals surface area contributed by atoms with E-state index in [0.717, 1.165) is 0 Å². The number of benzene rings is 1. The summed E-state index contributed by atoms with van der Waals surface area (Å²) in [4.78, 5) is 0. The second-order valence-corrected chi connectivity index (χ2v) is 3.76. The average molecular weight is 177 g/mol. The van der Waals surface area contributed by atoms with Gasteiger partial charge in [-0.1, -0.05) is 38.1 Å². The summed E-state index contributed by atoms with van der Waals surface area (Å²) in [5.41, 5.74) is 8.40. The first-order chi connectivity index (χ1) is 6.15. The lowest BCUT2D eigenvalue weighted by molar-refractivity contribution is 0.731. The molecule has 0 aliphatic heterocycles. The molecule has 0 aliphatic rings. The van der Waals surface area contributed by atoms with Crippen molar-refractivity contribution in [2.45, 2.75) is 39.2 Å². The molecule has 1 aromatic carbocycles. The van der Waals surface area contributed by atoms with E-state index >= 15 is 0 Å². The summed E-state index contributed by atoms with van der Waals surface area (Å²) < 4.78 is 0. The van der Waals surface area contributed by atoms with Gasteiger partial charge in [-0.2, -0.15) is 0 Å². The summed E-state index contributed by atoms with van der Waals surface area (Å²) in [5.74, 6) is 0.655. The van der Waals surface area contributed by atoms with Gasteiger partial charge in [0.1, 0.15) is 0 Å². The monoisotopic (exact) mass is 177 g/mol. The maximum absolute atomic E-state index is 5.77. The third kappa shape index (κ3) is 2.56. The lowest BCUT2D eigenvalue weighted by Crippen LogP contribution is -2.04. The van der Waals surface area contributed by atoms with Crippen LogP contribution < -0.4 is 5.73 Å². The topological polar surface area (TPSA) is 26.0 Å². The van der Waals surface area contributed by atoms with Crippen molar-refractivity contribution in [1.82, 2.24) is 0 Å². The molecular weight excluding hydrogens is 158 g/mol. The molecule has 0 saturated carbocycles. The SMILES string of the molecule is CC[C@@H](C)c1ccc([C@H](C)N)cc1. The van der Waals surface area contributed by atoms with Crippen molar-refractivity contribution in [3.8, 4) is 0 Å². The molecule has 0 spiro atoms. The number of hydrogen-bond acceptors (Lipinski definition) is 1. The third-order valence-electron chi connectivity index (χ3n) is 2.64. The van der Waals surface area contributed by atoms with E-state index < -0.39 is 0 Å². The minimum Gasteiger partial charge on any atom is -0.324 e. The molecule has 72 valence electrons. The van der Waals surface area contributed by atoms with Crippen molar-refractivity contribution >= 4 is 0 Å². The Balaban J connectivity index is 2.81. The fourth-order valence-corrected chi connectivity index (χ4v) is 1.36. The Labute approximate surface area is 81.0 Å².